The Morgan fingerprint density at radius 3 is 2.25 bits per heavy atom. The van der Waals surface area contributed by atoms with Crippen LogP contribution in [0.5, 0.6) is 0 Å². The molecule has 90 valence electrons. The first-order chi connectivity index (χ1) is 7.79. The predicted molar refractivity (Wildman–Crippen MR) is 75.6 cm³/mol. The highest BCUT2D eigenvalue weighted by atomic mass is 14.6. The molecule has 0 fully saturated rings. The van der Waals surface area contributed by atoms with Crippen molar-refractivity contribution in [1.29, 1.82) is 0 Å². The van der Waals surface area contributed by atoms with Gasteiger partial charge in [0.1, 0.15) is 0 Å². The Balaban J connectivity index is 0. The SMILES string of the molecule is C=C/C(CC)=c1/ncccc1=C.CC.CC. The van der Waals surface area contributed by atoms with E-state index in [0.29, 0.717) is 0 Å². The molecular formula is C15H25N. The molecule has 0 spiro atoms. The van der Waals surface area contributed by atoms with Gasteiger partial charge in [0.15, 0.2) is 0 Å². The van der Waals surface area contributed by atoms with E-state index in [4.69, 9.17) is 0 Å². The molecule has 0 N–H and O–H groups in total. The van der Waals surface area contributed by atoms with E-state index in [1.807, 2.05) is 45.9 Å². The zero-order chi connectivity index (χ0) is 13.0. The van der Waals surface area contributed by atoms with Crippen LogP contribution in [0, 0.1) is 0 Å². The fourth-order valence-electron chi connectivity index (χ4n) is 1.14. The third-order valence-electron chi connectivity index (χ3n) is 1.82. The molecule has 1 rings (SSSR count). The van der Waals surface area contributed by atoms with Crippen LogP contribution < -0.4 is 10.6 Å². The van der Waals surface area contributed by atoms with Crippen molar-refractivity contribution in [3.8, 4) is 0 Å². The average Bonchev–Trinajstić information content (AvgIpc) is 2.38. The van der Waals surface area contributed by atoms with Crippen molar-refractivity contribution < 1.29 is 0 Å². The summed E-state index contributed by atoms with van der Waals surface area (Å²) in [5.74, 6) is 0. The Hall–Kier alpha value is -1.37. The van der Waals surface area contributed by atoms with Gasteiger partial charge in [-0.2, -0.15) is 0 Å². The molecule has 0 unspecified atom stereocenters. The molecule has 16 heavy (non-hydrogen) atoms. The summed E-state index contributed by atoms with van der Waals surface area (Å²) < 4.78 is 0. The molecule has 1 heteroatoms. The molecule has 0 aliphatic heterocycles. The number of aromatic nitrogens is 1. The first kappa shape index (κ1) is 17.0. The second kappa shape index (κ2) is 11.7. The zero-order valence-electron chi connectivity index (χ0n) is 11.4. The molecule has 0 atom stereocenters. The topological polar surface area (TPSA) is 12.9 Å². The summed E-state index contributed by atoms with van der Waals surface area (Å²) in [7, 11) is 0. The Kier molecular flexibility index (Phi) is 12.5. The van der Waals surface area contributed by atoms with Gasteiger partial charge in [-0.25, -0.2) is 0 Å². The molecule has 0 radical (unpaired) electrons. The first-order valence-electron chi connectivity index (χ1n) is 6.05. The van der Waals surface area contributed by atoms with Gasteiger partial charge in [0.2, 0.25) is 0 Å². The molecule has 1 aromatic rings. The van der Waals surface area contributed by atoms with Crippen molar-refractivity contribution in [3.63, 3.8) is 0 Å². The molecule has 0 saturated carbocycles. The van der Waals surface area contributed by atoms with Crippen LogP contribution in [0.4, 0.5) is 0 Å². The average molecular weight is 219 g/mol. The summed E-state index contributed by atoms with van der Waals surface area (Å²) in [5, 5.41) is 1.93. The lowest BCUT2D eigenvalue weighted by atomic mass is 10.1. The fourth-order valence-corrected chi connectivity index (χ4v) is 1.14. The third kappa shape index (κ3) is 5.50. The van der Waals surface area contributed by atoms with Gasteiger partial charge < -0.3 is 0 Å². The van der Waals surface area contributed by atoms with Gasteiger partial charge in [-0.1, -0.05) is 59.9 Å². The van der Waals surface area contributed by atoms with Crippen LogP contribution in [0.2, 0.25) is 0 Å². The summed E-state index contributed by atoms with van der Waals surface area (Å²) in [6.07, 6.45) is 4.57. The van der Waals surface area contributed by atoms with E-state index in [1.54, 1.807) is 6.20 Å². The van der Waals surface area contributed by atoms with Crippen LogP contribution in [0.3, 0.4) is 0 Å². The molecular weight excluding hydrogens is 194 g/mol. The minimum Gasteiger partial charge on any atom is -0.256 e. The maximum Gasteiger partial charge on any atom is 0.0727 e. The van der Waals surface area contributed by atoms with E-state index in [9.17, 15) is 0 Å². The van der Waals surface area contributed by atoms with Gasteiger partial charge in [-0.3, -0.25) is 4.98 Å². The number of hydrogen-bond acceptors (Lipinski definition) is 1. The summed E-state index contributed by atoms with van der Waals surface area (Å²) in [4.78, 5) is 4.25. The fraction of sp³-hybridized carbons (Fsp3) is 0.400. The van der Waals surface area contributed by atoms with Crippen molar-refractivity contribution >= 4 is 12.2 Å². The van der Waals surface area contributed by atoms with Crippen molar-refractivity contribution in [2.24, 2.45) is 0 Å². The molecule has 0 saturated heterocycles. The summed E-state index contributed by atoms with van der Waals surface area (Å²) >= 11 is 0. The number of allylic oxidation sites excluding steroid dienone is 1. The van der Waals surface area contributed by atoms with Crippen LogP contribution in [0.1, 0.15) is 41.0 Å². The molecule has 0 aromatic carbocycles. The van der Waals surface area contributed by atoms with E-state index < -0.39 is 0 Å². The number of rotatable bonds is 2. The second-order valence-corrected chi connectivity index (χ2v) is 2.59. The predicted octanol–water partition coefficient (Wildman–Crippen LogP) is 3.29. The molecule has 1 nitrogen and oxygen atoms in total. The van der Waals surface area contributed by atoms with E-state index in [-0.39, 0.29) is 0 Å². The third-order valence-corrected chi connectivity index (χ3v) is 1.82. The Morgan fingerprint density at radius 1 is 1.31 bits per heavy atom. The highest BCUT2D eigenvalue weighted by Crippen LogP contribution is 1.96. The minimum absolute atomic E-state index is 0.947. The molecule has 1 heterocycles. The Labute approximate surface area is 100 Å². The van der Waals surface area contributed by atoms with Gasteiger partial charge >= 0.3 is 0 Å². The van der Waals surface area contributed by atoms with E-state index >= 15 is 0 Å². The Bertz CT molecular complexity index is 377. The lowest BCUT2D eigenvalue weighted by Crippen LogP contribution is -2.28. The highest BCUT2D eigenvalue weighted by Gasteiger charge is 1.90. The smallest absolute Gasteiger partial charge is 0.0727 e. The lowest BCUT2D eigenvalue weighted by Gasteiger charge is -1.95. The molecule has 0 bridgehead atoms. The summed E-state index contributed by atoms with van der Waals surface area (Å²) in [6.45, 7) is 17.7. The van der Waals surface area contributed by atoms with Crippen molar-refractivity contribution in [2.45, 2.75) is 41.0 Å². The van der Waals surface area contributed by atoms with Gasteiger partial charge in [-0.05, 0) is 23.3 Å². The van der Waals surface area contributed by atoms with Crippen LogP contribution in [-0.4, -0.2) is 4.98 Å². The molecule has 0 amide bonds. The van der Waals surface area contributed by atoms with Crippen LogP contribution in [0.25, 0.3) is 12.2 Å². The van der Waals surface area contributed by atoms with Gasteiger partial charge in [0.05, 0.1) is 5.35 Å². The van der Waals surface area contributed by atoms with Crippen molar-refractivity contribution in [2.75, 3.05) is 0 Å². The monoisotopic (exact) mass is 219 g/mol. The zero-order valence-corrected chi connectivity index (χ0v) is 11.4. The molecule has 0 aliphatic rings. The standard InChI is InChI=1S/C11H13N.2C2H6/c1-4-10(5-2)11-9(3)7-6-8-12-11;2*1-2/h4,6-8H,1,3,5H2,2H3;2*1-2H3/b11-10-;;. The van der Waals surface area contributed by atoms with Crippen LogP contribution in [-0.2, 0) is 0 Å². The number of pyridine rings is 1. The summed E-state index contributed by atoms with van der Waals surface area (Å²) in [6, 6.07) is 3.85. The van der Waals surface area contributed by atoms with Crippen molar-refractivity contribution in [1.82, 2.24) is 4.98 Å². The second-order valence-electron chi connectivity index (χ2n) is 2.59. The van der Waals surface area contributed by atoms with Gasteiger partial charge in [0.25, 0.3) is 0 Å². The highest BCUT2D eigenvalue weighted by molar-refractivity contribution is 5.53. The van der Waals surface area contributed by atoms with Gasteiger partial charge in [0, 0.05) is 6.20 Å². The van der Waals surface area contributed by atoms with E-state index in [2.05, 4.69) is 25.1 Å². The van der Waals surface area contributed by atoms with Crippen LogP contribution >= 0.6 is 0 Å². The van der Waals surface area contributed by atoms with E-state index in [0.717, 1.165) is 22.6 Å². The van der Waals surface area contributed by atoms with Crippen LogP contribution in [0.15, 0.2) is 31.0 Å². The largest absolute Gasteiger partial charge is 0.256 e. The lowest BCUT2D eigenvalue weighted by molar-refractivity contribution is 1.15. The molecule has 0 aliphatic carbocycles. The number of hydrogen-bond donors (Lipinski definition) is 0. The van der Waals surface area contributed by atoms with E-state index in [1.165, 1.54) is 0 Å². The minimum atomic E-state index is 0.947. The van der Waals surface area contributed by atoms with Crippen molar-refractivity contribution in [3.05, 3.63) is 41.6 Å². The molecule has 1 aromatic heterocycles. The first-order valence-corrected chi connectivity index (χ1v) is 6.05. The number of nitrogens with zero attached hydrogens (tertiary/aromatic N) is 1. The maximum absolute atomic E-state index is 4.25. The normalized spacial score (nSPS) is 10.1. The Morgan fingerprint density at radius 2 is 1.88 bits per heavy atom. The van der Waals surface area contributed by atoms with Gasteiger partial charge in [-0.15, -0.1) is 0 Å². The quantitative estimate of drug-likeness (QED) is 0.744. The summed E-state index contributed by atoms with van der Waals surface area (Å²) in [5.41, 5.74) is 1.15. The maximum atomic E-state index is 4.25.